The third kappa shape index (κ3) is 11.0. The molecule has 1 aliphatic carbocycles. The van der Waals surface area contributed by atoms with Crippen LogP contribution in [0.2, 0.25) is 13.1 Å². The largest absolute Gasteiger partial charge is 4.00 e. The van der Waals surface area contributed by atoms with Gasteiger partial charge in [-0.2, -0.15) is 23.3 Å². The van der Waals surface area contributed by atoms with Crippen molar-refractivity contribution in [3.63, 3.8) is 0 Å². The number of rotatable bonds is 5. The summed E-state index contributed by atoms with van der Waals surface area (Å²) in [6, 6.07) is 47.0. The standard InChI is InChI=1S/C26H21O.C10H9.C2H6Si.2ClH.Ti/c1-20-17-18-25(27-23-15-9-4-10-16-23)24(19-20)26(21-11-5-2-6-12-21)22-13-7-3-8-14-22;1-8-6-7-9-4-2-3-5-10(8)9;1-3-2;;;/h2-17,19,26H,1H3;2-5,7-8H,1H3;1-2H3;2*1H;/q2*-1;;;;+4/p-2. The summed E-state index contributed by atoms with van der Waals surface area (Å²) < 4.78 is 6.23. The normalized spacial score (nSPS) is 12.1. The SMILES string of the molecule is CC1[C-]=Cc2ccccc21.C[Si]C.Cc1c[c-]c(Oc2ccccc2)c(C(c2ccccc2)c2ccccc2)c1.[Cl-].[Cl-].[Ti+4]. The number of fused-ring (bicyclic) bond motifs is 1. The molecule has 0 N–H and O–H groups in total. The van der Waals surface area contributed by atoms with Crippen LogP contribution in [0.3, 0.4) is 0 Å². The number of ether oxygens (including phenoxy) is 1. The average molecular weight is 656 g/mol. The summed E-state index contributed by atoms with van der Waals surface area (Å²) in [6.07, 6.45) is 5.33. The smallest absolute Gasteiger partial charge is 1.00 e. The Balaban J connectivity index is 0.000000486. The van der Waals surface area contributed by atoms with Crippen LogP contribution in [0.15, 0.2) is 127 Å². The number of allylic oxidation sites excluding steroid dienone is 1. The van der Waals surface area contributed by atoms with E-state index in [1.807, 2.05) is 36.4 Å². The average Bonchev–Trinajstić information content (AvgIpc) is 3.38. The minimum Gasteiger partial charge on any atom is -1.00 e. The van der Waals surface area contributed by atoms with Gasteiger partial charge in [-0.15, -0.1) is 23.3 Å². The number of benzene rings is 5. The molecule has 5 heteroatoms. The van der Waals surface area contributed by atoms with Crippen LogP contribution >= 0.6 is 0 Å². The fourth-order valence-electron chi connectivity index (χ4n) is 4.71. The quantitative estimate of drug-likeness (QED) is 0.157. The van der Waals surface area contributed by atoms with E-state index in [0.29, 0.717) is 5.92 Å². The molecule has 43 heavy (non-hydrogen) atoms. The van der Waals surface area contributed by atoms with Gasteiger partial charge in [0.05, 0.1) is 0 Å². The Hall–Kier alpha value is -2.85. The van der Waals surface area contributed by atoms with E-state index in [2.05, 4.69) is 136 Å². The van der Waals surface area contributed by atoms with E-state index < -0.39 is 0 Å². The van der Waals surface area contributed by atoms with Gasteiger partial charge in [-0.1, -0.05) is 130 Å². The fourth-order valence-corrected chi connectivity index (χ4v) is 4.71. The van der Waals surface area contributed by atoms with E-state index in [1.165, 1.54) is 27.8 Å². The van der Waals surface area contributed by atoms with Gasteiger partial charge < -0.3 is 29.6 Å². The fraction of sp³-hybridized carbons (Fsp3) is 0.158. The van der Waals surface area contributed by atoms with Crippen molar-refractivity contribution in [3.8, 4) is 11.5 Å². The molecule has 6 rings (SSSR count). The van der Waals surface area contributed by atoms with Gasteiger partial charge >= 0.3 is 21.7 Å². The Morgan fingerprint density at radius 3 is 1.74 bits per heavy atom. The molecule has 0 heterocycles. The molecule has 0 amide bonds. The first-order valence-electron chi connectivity index (χ1n) is 13.7. The molecule has 216 valence electrons. The van der Waals surface area contributed by atoms with Crippen LogP contribution in [-0.4, -0.2) is 9.52 Å². The maximum absolute atomic E-state index is 6.23. The molecule has 1 atom stereocenters. The zero-order valence-corrected chi connectivity index (χ0v) is 29.1. The minimum absolute atomic E-state index is 0. The molecular weight excluding hydrogens is 619 g/mol. The Bertz CT molecular complexity index is 1460. The number of para-hydroxylation sites is 1. The molecule has 1 unspecified atom stereocenters. The Morgan fingerprint density at radius 2 is 1.21 bits per heavy atom. The van der Waals surface area contributed by atoms with E-state index >= 15 is 0 Å². The van der Waals surface area contributed by atoms with Crippen molar-refractivity contribution in [2.45, 2.75) is 38.8 Å². The van der Waals surface area contributed by atoms with Gasteiger partial charge in [0.1, 0.15) is 5.75 Å². The molecule has 5 aromatic carbocycles. The van der Waals surface area contributed by atoms with Gasteiger partial charge in [-0.25, -0.2) is 6.08 Å². The van der Waals surface area contributed by atoms with E-state index in [0.717, 1.165) is 26.6 Å². The Morgan fingerprint density at radius 1 is 0.721 bits per heavy atom. The molecule has 0 spiro atoms. The zero-order chi connectivity index (χ0) is 28.2. The predicted molar refractivity (Wildman–Crippen MR) is 170 cm³/mol. The molecule has 0 fully saturated rings. The van der Waals surface area contributed by atoms with Crippen LogP contribution in [0, 0.1) is 19.1 Å². The predicted octanol–water partition coefficient (Wildman–Crippen LogP) is 4.18. The van der Waals surface area contributed by atoms with E-state index in [4.69, 9.17) is 4.74 Å². The maximum atomic E-state index is 6.23. The zero-order valence-electron chi connectivity index (χ0n) is 25.0. The third-order valence-electron chi connectivity index (χ3n) is 6.57. The van der Waals surface area contributed by atoms with Crippen molar-refractivity contribution in [1.82, 2.24) is 0 Å². The van der Waals surface area contributed by atoms with Gasteiger partial charge in [0.15, 0.2) is 0 Å². The second-order valence-electron chi connectivity index (χ2n) is 9.79. The van der Waals surface area contributed by atoms with Crippen molar-refractivity contribution >= 4 is 15.6 Å². The van der Waals surface area contributed by atoms with Crippen LogP contribution in [0.1, 0.15) is 52.1 Å². The van der Waals surface area contributed by atoms with Crippen LogP contribution in [0.25, 0.3) is 6.08 Å². The summed E-state index contributed by atoms with van der Waals surface area (Å²) >= 11 is 0. The topological polar surface area (TPSA) is 9.23 Å². The van der Waals surface area contributed by atoms with Crippen molar-refractivity contribution in [2.24, 2.45) is 0 Å². The van der Waals surface area contributed by atoms with Gasteiger partial charge in [-0.05, 0) is 29.2 Å². The van der Waals surface area contributed by atoms with Crippen LogP contribution < -0.4 is 29.6 Å². The molecule has 0 saturated carbocycles. The summed E-state index contributed by atoms with van der Waals surface area (Å²) in [5.41, 5.74) is 7.50. The molecule has 2 radical (unpaired) electrons. The first-order chi connectivity index (χ1) is 19.6. The van der Waals surface area contributed by atoms with Gasteiger partial charge in [0.25, 0.3) is 0 Å². The Labute approximate surface area is 288 Å². The number of hydrogen-bond donors (Lipinski definition) is 0. The summed E-state index contributed by atoms with van der Waals surface area (Å²) in [7, 11) is 1.08. The van der Waals surface area contributed by atoms with E-state index in [-0.39, 0.29) is 52.4 Å². The maximum Gasteiger partial charge on any atom is 4.00 e. The second kappa shape index (κ2) is 20.2. The van der Waals surface area contributed by atoms with Crippen molar-refractivity contribution in [3.05, 3.63) is 173 Å². The molecule has 1 nitrogen and oxygen atoms in total. The summed E-state index contributed by atoms with van der Waals surface area (Å²) in [5, 5.41) is 0. The summed E-state index contributed by atoms with van der Waals surface area (Å²) in [5.74, 6) is 2.17. The van der Waals surface area contributed by atoms with Crippen LogP contribution in [0.4, 0.5) is 0 Å². The van der Waals surface area contributed by atoms with Crippen molar-refractivity contribution < 1.29 is 51.3 Å². The van der Waals surface area contributed by atoms with Gasteiger partial charge in [0.2, 0.25) is 0 Å². The summed E-state index contributed by atoms with van der Waals surface area (Å²) in [6.45, 7) is 8.57. The number of aryl methyl sites for hydroxylation is 1. The Kier molecular flexibility index (Phi) is 17.9. The molecule has 1 aliphatic rings. The second-order valence-corrected chi connectivity index (χ2v) is 10.8. The van der Waals surface area contributed by atoms with Crippen LogP contribution in [-0.2, 0) is 21.7 Å². The summed E-state index contributed by atoms with van der Waals surface area (Å²) in [4.78, 5) is 0. The molecule has 0 bridgehead atoms. The van der Waals surface area contributed by atoms with Gasteiger partial charge in [0, 0.05) is 15.3 Å². The molecular formula is C38H36Cl2OSiTi. The minimum atomic E-state index is 0. The number of hydrogen-bond acceptors (Lipinski definition) is 1. The van der Waals surface area contributed by atoms with Gasteiger partial charge in [-0.3, -0.25) is 6.08 Å². The van der Waals surface area contributed by atoms with Crippen molar-refractivity contribution in [1.29, 1.82) is 0 Å². The molecule has 0 saturated heterocycles. The number of halogens is 2. The van der Waals surface area contributed by atoms with E-state index in [1.54, 1.807) is 0 Å². The first kappa shape index (κ1) is 38.2. The van der Waals surface area contributed by atoms with Crippen molar-refractivity contribution in [2.75, 3.05) is 0 Å². The molecule has 0 aromatic heterocycles. The third-order valence-corrected chi connectivity index (χ3v) is 6.57. The molecule has 5 aromatic rings. The molecule has 0 aliphatic heterocycles. The first-order valence-corrected chi connectivity index (χ1v) is 15.7. The van der Waals surface area contributed by atoms with E-state index in [9.17, 15) is 0 Å². The monoisotopic (exact) mass is 654 g/mol. The van der Waals surface area contributed by atoms with Crippen LogP contribution in [0.5, 0.6) is 11.5 Å².